The lowest BCUT2D eigenvalue weighted by molar-refractivity contribution is -0.122. The van der Waals surface area contributed by atoms with Crippen molar-refractivity contribution in [1.82, 2.24) is 4.90 Å². The van der Waals surface area contributed by atoms with E-state index in [9.17, 15) is 9.59 Å². The first-order valence-electron chi connectivity index (χ1n) is 6.12. The van der Waals surface area contributed by atoms with Crippen LogP contribution in [0.5, 0.6) is 5.75 Å². The molecule has 0 bridgehead atoms. The molecule has 21 heavy (non-hydrogen) atoms. The summed E-state index contributed by atoms with van der Waals surface area (Å²) in [5.74, 6) is 0.148. The maximum Gasteiger partial charge on any atom is 0.293 e. The quantitative estimate of drug-likeness (QED) is 0.617. The molecule has 0 spiro atoms. The zero-order valence-electron chi connectivity index (χ0n) is 11.1. The van der Waals surface area contributed by atoms with Crippen LogP contribution >= 0.6 is 11.8 Å². The molecule has 1 aromatic carbocycles. The predicted molar refractivity (Wildman–Crippen MR) is 80.4 cm³/mol. The van der Waals surface area contributed by atoms with Gasteiger partial charge in [0.05, 0.1) is 4.91 Å². The second kappa shape index (κ2) is 6.77. The highest BCUT2D eigenvalue weighted by atomic mass is 32.2. The molecule has 0 aromatic heterocycles. The molecule has 0 unspecified atom stereocenters. The Kier molecular flexibility index (Phi) is 4.80. The molecule has 1 heterocycles. The van der Waals surface area contributed by atoms with Crippen LogP contribution in [-0.4, -0.2) is 29.2 Å². The maximum atomic E-state index is 12.1. The van der Waals surface area contributed by atoms with Gasteiger partial charge in [-0.25, -0.2) is 0 Å². The zero-order valence-corrected chi connectivity index (χ0v) is 11.9. The van der Waals surface area contributed by atoms with Crippen molar-refractivity contribution in [2.75, 3.05) is 13.2 Å². The highest BCUT2D eigenvalue weighted by Gasteiger charge is 2.34. The van der Waals surface area contributed by atoms with E-state index >= 15 is 0 Å². The molecule has 1 fully saturated rings. The number of ether oxygens (including phenoxy) is 1. The van der Waals surface area contributed by atoms with Crippen molar-refractivity contribution in [2.45, 2.75) is 0 Å². The first-order valence-corrected chi connectivity index (χ1v) is 6.94. The topological polar surface area (TPSA) is 70.4 Å². The number of carbonyl (C=O) groups excluding carboxylic acids is 2. The number of amides is 2. The first kappa shape index (κ1) is 14.9. The Hall–Kier alpha value is -2.52. The van der Waals surface area contributed by atoms with Gasteiger partial charge in [0.25, 0.3) is 11.1 Å². The minimum absolute atomic E-state index is 0.0806. The van der Waals surface area contributed by atoms with Gasteiger partial charge < -0.3 is 4.74 Å². The molecule has 106 valence electrons. The Balaban J connectivity index is 2.28. The summed E-state index contributed by atoms with van der Waals surface area (Å²) < 4.78 is 5.29. The molecule has 0 saturated carbocycles. The number of hydrogen-bond acceptors (Lipinski definition) is 5. The van der Waals surface area contributed by atoms with Gasteiger partial charge in [0, 0.05) is 12.1 Å². The lowest BCUT2D eigenvalue weighted by Crippen LogP contribution is -2.27. The van der Waals surface area contributed by atoms with Crippen LogP contribution in [0, 0.1) is 11.3 Å². The Bertz CT molecular complexity index is 661. The Morgan fingerprint density at radius 2 is 2.14 bits per heavy atom. The van der Waals surface area contributed by atoms with E-state index in [4.69, 9.17) is 10.00 Å². The third kappa shape index (κ3) is 3.33. The second-order valence-electron chi connectivity index (χ2n) is 4.07. The van der Waals surface area contributed by atoms with Gasteiger partial charge in [-0.1, -0.05) is 24.3 Å². The van der Waals surface area contributed by atoms with Crippen LogP contribution in [0.3, 0.4) is 0 Å². The average Bonchev–Trinajstić information content (AvgIpc) is 2.74. The minimum atomic E-state index is -0.347. The van der Waals surface area contributed by atoms with Crippen LogP contribution in [-0.2, 0) is 4.79 Å². The van der Waals surface area contributed by atoms with Gasteiger partial charge in [0.15, 0.2) is 6.61 Å². The predicted octanol–water partition coefficient (Wildman–Crippen LogP) is 2.81. The number of nitrogens with zero attached hydrogens (tertiary/aromatic N) is 2. The molecule has 6 heteroatoms. The summed E-state index contributed by atoms with van der Waals surface area (Å²) in [7, 11) is 0. The van der Waals surface area contributed by atoms with Crippen molar-refractivity contribution in [1.29, 1.82) is 5.26 Å². The van der Waals surface area contributed by atoms with E-state index in [0.717, 1.165) is 16.7 Å². The standard InChI is InChI=1S/C15H12N2O3S/c1-2-8-17-14(18)13(21-15(17)19)10-11-5-3-4-6-12(11)20-9-7-16/h2-6,10H,1,8-9H2. The smallest absolute Gasteiger partial charge is 0.293 e. The number of thioether (sulfide) groups is 1. The largest absolute Gasteiger partial charge is 0.478 e. The molecular weight excluding hydrogens is 288 g/mol. The second-order valence-corrected chi connectivity index (χ2v) is 5.06. The van der Waals surface area contributed by atoms with E-state index in [0.29, 0.717) is 16.2 Å². The highest BCUT2D eigenvalue weighted by Crippen LogP contribution is 2.33. The van der Waals surface area contributed by atoms with E-state index < -0.39 is 0 Å². The molecule has 0 atom stereocenters. The van der Waals surface area contributed by atoms with Gasteiger partial charge in [-0.3, -0.25) is 14.5 Å². The number of hydrogen-bond donors (Lipinski definition) is 0. The van der Waals surface area contributed by atoms with E-state index in [-0.39, 0.29) is 24.3 Å². The number of nitriles is 1. The molecule has 5 nitrogen and oxygen atoms in total. The molecule has 2 amide bonds. The van der Waals surface area contributed by atoms with Gasteiger partial charge in [-0.2, -0.15) is 5.26 Å². The molecule has 1 aromatic rings. The van der Waals surface area contributed by atoms with Crippen LogP contribution in [0.1, 0.15) is 5.56 Å². The Labute approximate surface area is 126 Å². The number of imide groups is 1. The van der Waals surface area contributed by atoms with Crippen molar-refractivity contribution < 1.29 is 14.3 Å². The van der Waals surface area contributed by atoms with Crippen LogP contribution < -0.4 is 4.74 Å². The van der Waals surface area contributed by atoms with Crippen molar-refractivity contribution >= 4 is 29.0 Å². The van der Waals surface area contributed by atoms with Gasteiger partial charge in [-0.05, 0) is 23.9 Å². The van der Waals surface area contributed by atoms with Gasteiger partial charge in [-0.15, -0.1) is 6.58 Å². The summed E-state index contributed by atoms with van der Waals surface area (Å²) in [6.07, 6.45) is 3.10. The van der Waals surface area contributed by atoms with Gasteiger partial charge in [0.1, 0.15) is 11.8 Å². The maximum absolute atomic E-state index is 12.1. The molecule has 2 rings (SSSR count). The van der Waals surface area contributed by atoms with Crippen molar-refractivity contribution in [3.63, 3.8) is 0 Å². The summed E-state index contributed by atoms with van der Waals surface area (Å²) in [4.78, 5) is 25.3. The molecule has 1 saturated heterocycles. The van der Waals surface area contributed by atoms with Crippen LogP contribution in [0.15, 0.2) is 41.8 Å². The number of carbonyl (C=O) groups is 2. The Morgan fingerprint density at radius 1 is 1.38 bits per heavy atom. The molecule has 0 radical (unpaired) electrons. The summed E-state index contributed by atoms with van der Waals surface area (Å²) >= 11 is 0.879. The van der Waals surface area contributed by atoms with E-state index in [2.05, 4.69) is 6.58 Å². The van der Waals surface area contributed by atoms with Gasteiger partial charge in [0.2, 0.25) is 0 Å². The lowest BCUT2D eigenvalue weighted by Gasteiger charge is -2.08. The van der Waals surface area contributed by atoms with Gasteiger partial charge >= 0.3 is 0 Å². The lowest BCUT2D eigenvalue weighted by atomic mass is 10.2. The van der Waals surface area contributed by atoms with Crippen LogP contribution in [0.2, 0.25) is 0 Å². The molecule has 1 aliphatic rings. The van der Waals surface area contributed by atoms with Crippen molar-refractivity contribution in [2.24, 2.45) is 0 Å². The molecule has 1 aliphatic heterocycles. The van der Waals surface area contributed by atoms with Crippen LogP contribution in [0.4, 0.5) is 4.79 Å². The number of benzene rings is 1. The van der Waals surface area contributed by atoms with E-state index in [1.54, 1.807) is 30.3 Å². The monoisotopic (exact) mass is 300 g/mol. The zero-order chi connectivity index (χ0) is 15.2. The Morgan fingerprint density at radius 3 is 2.86 bits per heavy atom. The summed E-state index contributed by atoms with van der Waals surface area (Å²) in [6.45, 7) is 3.63. The fourth-order valence-corrected chi connectivity index (χ4v) is 2.61. The minimum Gasteiger partial charge on any atom is -0.478 e. The van der Waals surface area contributed by atoms with E-state index in [1.165, 1.54) is 6.08 Å². The summed E-state index contributed by atoms with van der Waals surface area (Å²) in [5.41, 5.74) is 0.650. The summed E-state index contributed by atoms with van der Waals surface area (Å²) in [6, 6.07) is 8.91. The highest BCUT2D eigenvalue weighted by molar-refractivity contribution is 8.18. The molecular formula is C15H12N2O3S. The van der Waals surface area contributed by atoms with Crippen LogP contribution in [0.25, 0.3) is 6.08 Å². The summed E-state index contributed by atoms with van der Waals surface area (Å²) in [5, 5.41) is 8.25. The average molecular weight is 300 g/mol. The normalized spacial score (nSPS) is 16.1. The van der Waals surface area contributed by atoms with Crippen molar-refractivity contribution in [3.05, 3.63) is 47.4 Å². The van der Waals surface area contributed by atoms with Crippen molar-refractivity contribution in [3.8, 4) is 11.8 Å². The SMILES string of the molecule is C=CCN1C(=O)SC(=Cc2ccccc2OCC#N)C1=O. The third-order valence-electron chi connectivity index (χ3n) is 2.68. The fraction of sp³-hybridized carbons (Fsp3) is 0.133. The third-order valence-corrected chi connectivity index (χ3v) is 3.59. The molecule has 0 N–H and O–H groups in total. The number of rotatable bonds is 5. The number of para-hydroxylation sites is 1. The molecule has 0 aliphatic carbocycles. The fourth-order valence-electron chi connectivity index (χ4n) is 1.77. The first-order chi connectivity index (χ1) is 10.2. The van der Waals surface area contributed by atoms with E-state index in [1.807, 2.05) is 6.07 Å².